The van der Waals surface area contributed by atoms with E-state index in [1.807, 2.05) is 42.5 Å². The zero-order valence-electron chi connectivity index (χ0n) is 13.4. The van der Waals surface area contributed by atoms with Gasteiger partial charge in [-0.2, -0.15) is 0 Å². The summed E-state index contributed by atoms with van der Waals surface area (Å²) in [5.41, 5.74) is 0.871. The molecule has 2 heterocycles. The SMILES string of the molecule is O=C(NCc1ccc([C@H](O)c2ccccc2)s1)NC1CCOCC1. The third kappa shape index (κ3) is 4.56. The van der Waals surface area contributed by atoms with Gasteiger partial charge >= 0.3 is 6.03 Å². The first-order chi connectivity index (χ1) is 11.7. The van der Waals surface area contributed by atoms with Crippen molar-refractivity contribution in [1.82, 2.24) is 10.6 Å². The molecule has 2 aromatic rings. The Morgan fingerprint density at radius 2 is 1.96 bits per heavy atom. The summed E-state index contributed by atoms with van der Waals surface area (Å²) in [6.07, 6.45) is 1.10. The summed E-state index contributed by atoms with van der Waals surface area (Å²) < 4.78 is 5.28. The summed E-state index contributed by atoms with van der Waals surface area (Å²) in [6, 6.07) is 13.5. The highest BCUT2D eigenvalue weighted by atomic mass is 32.1. The molecular weight excluding hydrogens is 324 g/mol. The van der Waals surface area contributed by atoms with Crippen molar-refractivity contribution in [1.29, 1.82) is 0 Å². The number of amides is 2. The van der Waals surface area contributed by atoms with Crippen LogP contribution in [0.5, 0.6) is 0 Å². The summed E-state index contributed by atoms with van der Waals surface area (Å²) >= 11 is 1.51. The molecule has 128 valence electrons. The van der Waals surface area contributed by atoms with Gasteiger partial charge in [-0.25, -0.2) is 4.79 Å². The lowest BCUT2D eigenvalue weighted by molar-refractivity contribution is 0.0801. The molecule has 1 atom stereocenters. The van der Waals surface area contributed by atoms with E-state index in [1.54, 1.807) is 0 Å². The first-order valence-corrected chi connectivity index (χ1v) is 8.98. The molecule has 1 aromatic heterocycles. The van der Waals surface area contributed by atoms with Gasteiger partial charge < -0.3 is 20.5 Å². The Morgan fingerprint density at radius 3 is 2.71 bits per heavy atom. The molecule has 0 aliphatic carbocycles. The maximum atomic E-state index is 11.9. The zero-order chi connectivity index (χ0) is 16.8. The molecule has 0 unspecified atom stereocenters. The van der Waals surface area contributed by atoms with E-state index in [4.69, 9.17) is 4.74 Å². The number of hydrogen-bond donors (Lipinski definition) is 3. The van der Waals surface area contributed by atoms with Crippen molar-refractivity contribution in [3.05, 3.63) is 57.8 Å². The summed E-state index contributed by atoms with van der Waals surface area (Å²) in [5, 5.41) is 16.2. The lowest BCUT2D eigenvalue weighted by Gasteiger charge is -2.23. The fourth-order valence-corrected chi connectivity index (χ4v) is 3.65. The van der Waals surface area contributed by atoms with Crippen LogP contribution in [-0.4, -0.2) is 30.4 Å². The van der Waals surface area contributed by atoms with E-state index in [9.17, 15) is 9.90 Å². The number of nitrogens with one attached hydrogen (secondary N) is 2. The Hall–Kier alpha value is -1.89. The molecule has 24 heavy (non-hydrogen) atoms. The molecule has 1 saturated heterocycles. The molecule has 1 aliphatic heterocycles. The lowest BCUT2D eigenvalue weighted by Crippen LogP contribution is -2.44. The van der Waals surface area contributed by atoms with Crippen LogP contribution in [0.2, 0.25) is 0 Å². The van der Waals surface area contributed by atoms with E-state index in [2.05, 4.69) is 10.6 Å². The minimum Gasteiger partial charge on any atom is -0.383 e. The van der Waals surface area contributed by atoms with Gasteiger partial charge in [0.2, 0.25) is 0 Å². The molecule has 6 heteroatoms. The zero-order valence-corrected chi connectivity index (χ0v) is 14.2. The van der Waals surface area contributed by atoms with E-state index in [0.717, 1.165) is 28.2 Å². The third-order valence-corrected chi connectivity index (χ3v) is 5.18. The Balaban J connectivity index is 1.49. The topological polar surface area (TPSA) is 70.6 Å². The standard InChI is InChI=1S/C18H22N2O3S/c21-17(13-4-2-1-3-5-13)16-7-6-15(24-16)12-19-18(22)20-14-8-10-23-11-9-14/h1-7,14,17,21H,8-12H2,(H2,19,20,22)/t17-/m1/s1. The van der Waals surface area contributed by atoms with E-state index in [-0.39, 0.29) is 12.1 Å². The number of rotatable bonds is 5. The summed E-state index contributed by atoms with van der Waals surface area (Å²) in [6.45, 7) is 1.87. The van der Waals surface area contributed by atoms with Gasteiger partial charge in [0.1, 0.15) is 6.10 Å². The van der Waals surface area contributed by atoms with Crippen LogP contribution in [0.3, 0.4) is 0 Å². The first kappa shape index (κ1) is 17.0. The molecule has 0 saturated carbocycles. The molecule has 1 aliphatic rings. The number of aliphatic hydroxyl groups excluding tert-OH is 1. The number of carbonyl (C=O) groups is 1. The van der Waals surface area contributed by atoms with Crippen molar-refractivity contribution < 1.29 is 14.6 Å². The summed E-state index contributed by atoms with van der Waals surface area (Å²) in [4.78, 5) is 13.8. The van der Waals surface area contributed by atoms with Gasteiger partial charge in [0.05, 0.1) is 6.54 Å². The second-order valence-corrected chi connectivity index (χ2v) is 7.03. The van der Waals surface area contributed by atoms with Crippen LogP contribution in [0.1, 0.15) is 34.3 Å². The minimum absolute atomic E-state index is 0.152. The fourth-order valence-electron chi connectivity index (χ4n) is 2.68. The molecule has 3 N–H and O–H groups in total. The smallest absolute Gasteiger partial charge is 0.315 e. The average molecular weight is 346 g/mol. The quantitative estimate of drug-likeness (QED) is 0.780. The number of aliphatic hydroxyl groups is 1. The van der Waals surface area contributed by atoms with Crippen molar-refractivity contribution in [2.75, 3.05) is 13.2 Å². The predicted octanol–water partition coefficient (Wildman–Crippen LogP) is 2.81. The molecular formula is C18H22N2O3S. The number of benzene rings is 1. The monoisotopic (exact) mass is 346 g/mol. The van der Waals surface area contributed by atoms with E-state index in [1.165, 1.54) is 11.3 Å². The fraction of sp³-hybridized carbons (Fsp3) is 0.389. The second-order valence-electron chi connectivity index (χ2n) is 5.83. The number of urea groups is 1. The predicted molar refractivity (Wildman–Crippen MR) is 94.0 cm³/mol. The Labute approximate surface area is 145 Å². The van der Waals surface area contributed by atoms with Crippen molar-refractivity contribution in [3.8, 4) is 0 Å². The highest BCUT2D eigenvalue weighted by molar-refractivity contribution is 7.12. The third-order valence-electron chi connectivity index (χ3n) is 4.05. The van der Waals surface area contributed by atoms with Gasteiger partial charge in [0, 0.05) is 29.0 Å². The van der Waals surface area contributed by atoms with Gasteiger partial charge in [-0.3, -0.25) is 0 Å². The van der Waals surface area contributed by atoms with Crippen LogP contribution in [-0.2, 0) is 11.3 Å². The Bertz CT molecular complexity index is 653. The van der Waals surface area contributed by atoms with Crippen molar-refractivity contribution in [2.45, 2.75) is 31.5 Å². The Morgan fingerprint density at radius 1 is 1.21 bits per heavy atom. The van der Waals surface area contributed by atoms with Crippen molar-refractivity contribution >= 4 is 17.4 Å². The van der Waals surface area contributed by atoms with Gasteiger partial charge in [-0.05, 0) is 30.5 Å². The minimum atomic E-state index is -0.624. The van der Waals surface area contributed by atoms with Gasteiger partial charge in [0.25, 0.3) is 0 Å². The molecule has 0 bridgehead atoms. The maximum Gasteiger partial charge on any atom is 0.315 e. The molecule has 2 amide bonds. The van der Waals surface area contributed by atoms with Crippen molar-refractivity contribution in [3.63, 3.8) is 0 Å². The van der Waals surface area contributed by atoms with Crippen LogP contribution in [0, 0.1) is 0 Å². The van der Waals surface area contributed by atoms with E-state index >= 15 is 0 Å². The van der Waals surface area contributed by atoms with Crippen LogP contribution in [0.4, 0.5) is 4.79 Å². The number of carbonyl (C=O) groups excluding carboxylic acids is 1. The normalized spacial score (nSPS) is 16.5. The summed E-state index contributed by atoms with van der Waals surface area (Å²) in [7, 11) is 0. The van der Waals surface area contributed by atoms with Crippen LogP contribution >= 0.6 is 11.3 Å². The van der Waals surface area contributed by atoms with Crippen molar-refractivity contribution in [2.24, 2.45) is 0 Å². The molecule has 1 aromatic carbocycles. The Kier molecular flexibility index (Phi) is 5.85. The molecule has 5 nitrogen and oxygen atoms in total. The molecule has 3 rings (SSSR count). The molecule has 0 spiro atoms. The first-order valence-electron chi connectivity index (χ1n) is 8.16. The van der Waals surface area contributed by atoms with Gasteiger partial charge in [0.15, 0.2) is 0 Å². The number of thiophene rings is 1. The highest BCUT2D eigenvalue weighted by Crippen LogP contribution is 2.28. The number of ether oxygens (including phenoxy) is 1. The highest BCUT2D eigenvalue weighted by Gasteiger charge is 2.16. The van der Waals surface area contributed by atoms with Crippen LogP contribution < -0.4 is 10.6 Å². The van der Waals surface area contributed by atoms with Gasteiger partial charge in [-0.15, -0.1) is 11.3 Å². The van der Waals surface area contributed by atoms with E-state index in [0.29, 0.717) is 19.8 Å². The average Bonchev–Trinajstić information content (AvgIpc) is 3.10. The molecule has 1 fully saturated rings. The van der Waals surface area contributed by atoms with Crippen LogP contribution in [0.15, 0.2) is 42.5 Å². The molecule has 0 radical (unpaired) electrons. The van der Waals surface area contributed by atoms with Gasteiger partial charge in [-0.1, -0.05) is 30.3 Å². The van der Waals surface area contributed by atoms with E-state index < -0.39 is 6.10 Å². The maximum absolute atomic E-state index is 11.9. The lowest BCUT2D eigenvalue weighted by atomic mass is 10.1. The van der Waals surface area contributed by atoms with Crippen LogP contribution in [0.25, 0.3) is 0 Å². The summed E-state index contributed by atoms with van der Waals surface area (Å²) in [5.74, 6) is 0. The number of hydrogen-bond acceptors (Lipinski definition) is 4. The second kappa shape index (κ2) is 8.28. The largest absolute Gasteiger partial charge is 0.383 e.